The van der Waals surface area contributed by atoms with Gasteiger partial charge in [0.2, 0.25) is 0 Å². The van der Waals surface area contributed by atoms with Gasteiger partial charge in [-0.2, -0.15) is 5.10 Å². The van der Waals surface area contributed by atoms with Crippen molar-refractivity contribution < 1.29 is 4.79 Å². The Morgan fingerprint density at radius 2 is 2.33 bits per heavy atom. The van der Waals surface area contributed by atoms with Crippen LogP contribution in [0, 0.1) is 0 Å². The van der Waals surface area contributed by atoms with Gasteiger partial charge in [-0.25, -0.2) is 4.98 Å². The first-order chi connectivity index (χ1) is 7.25. The molecule has 0 saturated carbocycles. The smallest absolute Gasteiger partial charge is 0.259 e. The van der Waals surface area contributed by atoms with Crippen LogP contribution in [-0.4, -0.2) is 21.1 Å². The van der Waals surface area contributed by atoms with Gasteiger partial charge >= 0.3 is 0 Å². The van der Waals surface area contributed by atoms with E-state index in [4.69, 9.17) is 0 Å². The molecule has 2 aromatic heterocycles. The van der Waals surface area contributed by atoms with Crippen LogP contribution < -0.4 is 5.32 Å². The highest BCUT2D eigenvalue weighted by atomic mass is 79.9. The average Bonchev–Trinajstić information content (AvgIpc) is 2.70. The predicted octanol–water partition coefficient (Wildman–Crippen LogP) is 1.82. The molecule has 0 spiro atoms. The number of aromatic amines is 1. The van der Waals surface area contributed by atoms with Crippen LogP contribution in [0.1, 0.15) is 10.4 Å². The number of halogens is 1. The lowest BCUT2D eigenvalue weighted by molar-refractivity contribution is 0.102. The van der Waals surface area contributed by atoms with E-state index in [1.165, 1.54) is 12.4 Å². The summed E-state index contributed by atoms with van der Waals surface area (Å²) >= 11 is 3.22. The number of rotatable bonds is 2. The third-order valence-corrected chi connectivity index (χ3v) is 2.16. The maximum Gasteiger partial charge on any atom is 0.259 e. The van der Waals surface area contributed by atoms with E-state index in [1.807, 2.05) is 0 Å². The van der Waals surface area contributed by atoms with E-state index in [2.05, 4.69) is 36.4 Å². The number of carbonyl (C=O) groups excluding carboxylic acids is 1. The Morgan fingerprint density at radius 3 is 3.00 bits per heavy atom. The molecule has 0 aliphatic rings. The molecule has 2 rings (SSSR count). The first kappa shape index (κ1) is 9.85. The zero-order valence-electron chi connectivity index (χ0n) is 7.57. The van der Waals surface area contributed by atoms with E-state index in [-0.39, 0.29) is 5.91 Å². The van der Waals surface area contributed by atoms with Crippen LogP contribution in [-0.2, 0) is 0 Å². The van der Waals surface area contributed by atoms with Gasteiger partial charge in [0, 0.05) is 6.20 Å². The summed E-state index contributed by atoms with van der Waals surface area (Å²) < 4.78 is 0.674. The summed E-state index contributed by atoms with van der Waals surface area (Å²) in [5.74, 6) is 0.255. The highest BCUT2D eigenvalue weighted by molar-refractivity contribution is 9.10. The van der Waals surface area contributed by atoms with Gasteiger partial charge in [0.25, 0.3) is 5.91 Å². The Labute approximate surface area is 94.0 Å². The zero-order chi connectivity index (χ0) is 10.7. The normalized spacial score (nSPS) is 9.93. The molecule has 2 aromatic rings. The molecule has 0 unspecified atom stereocenters. The maximum absolute atomic E-state index is 11.6. The van der Waals surface area contributed by atoms with Gasteiger partial charge in [-0.05, 0) is 28.1 Å². The molecule has 0 atom stereocenters. The van der Waals surface area contributed by atoms with E-state index in [9.17, 15) is 4.79 Å². The molecular formula is C9H7BrN4O. The molecule has 2 heterocycles. The molecule has 0 aliphatic heterocycles. The Morgan fingerprint density at radius 1 is 1.47 bits per heavy atom. The number of anilines is 1. The molecule has 6 heteroatoms. The van der Waals surface area contributed by atoms with Gasteiger partial charge in [0.1, 0.15) is 10.4 Å². The lowest BCUT2D eigenvalue weighted by Crippen LogP contribution is -2.11. The summed E-state index contributed by atoms with van der Waals surface area (Å²) in [7, 11) is 0. The summed E-state index contributed by atoms with van der Waals surface area (Å²) in [4.78, 5) is 15.6. The second kappa shape index (κ2) is 4.22. The van der Waals surface area contributed by atoms with Crippen LogP contribution in [0.3, 0.4) is 0 Å². The SMILES string of the molecule is O=C(Nc1cccc(Br)n1)c1cn[nH]c1. The van der Waals surface area contributed by atoms with Crippen molar-refractivity contribution >= 4 is 27.7 Å². The lowest BCUT2D eigenvalue weighted by Gasteiger charge is -2.01. The van der Waals surface area contributed by atoms with E-state index in [1.54, 1.807) is 18.2 Å². The number of nitrogens with one attached hydrogen (secondary N) is 2. The molecule has 2 N–H and O–H groups in total. The number of amides is 1. The summed E-state index contributed by atoms with van der Waals surface area (Å²) in [5.41, 5.74) is 0.469. The molecule has 0 bridgehead atoms. The number of hydrogen-bond acceptors (Lipinski definition) is 3. The minimum absolute atomic E-state index is 0.241. The lowest BCUT2D eigenvalue weighted by atomic mass is 10.3. The molecule has 0 radical (unpaired) electrons. The summed E-state index contributed by atoms with van der Waals surface area (Å²) in [6.07, 6.45) is 2.97. The van der Waals surface area contributed by atoms with Gasteiger partial charge in [-0.15, -0.1) is 0 Å². The molecule has 0 saturated heterocycles. The summed E-state index contributed by atoms with van der Waals surface area (Å²) in [6, 6.07) is 5.29. The number of carbonyl (C=O) groups is 1. The van der Waals surface area contributed by atoms with Crippen molar-refractivity contribution in [2.24, 2.45) is 0 Å². The number of aromatic nitrogens is 3. The van der Waals surface area contributed by atoms with Gasteiger partial charge in [0.05, 0.1) is 11.8 Å². The molecule has 0 aromatic carbocycles. The molecule has 76 valence electrons. The van der Waals surface area contributed by atoms with E-state index < -0.39 is 0 Å². The Kier molecular flexibility index (Phi) is 2.77. The van der Waals surface area contributed by atoms with Gasteiger partial charge in [0.15, 0.2) is 0 Å². The van der Waals surface area contributed by atoms with Crippen LogP contribution >= 0.6 is 15.9 Å². The van der Waals surface area contributed by atoms with Crippen molar-refractivity contribution in [2.75, 3.05) is 5.32 Å². The Balaban J connectivity index is 2.13. The average molecular weight is 267 g/mol. The van der Waals surface area contributed by atoms with Gasteiger partial charge in [-0.3, -0.25) is 9.89 Å². The first-order valence-corrected chi connectivity index (χ1v) is 4.98. The van der Waals surface area contributed by atoms with Crippen LogP contribution in [0.5, 0.6) is 0 Å². The number of nitrogens with zero attached hydrogens (tertiary/aromatic N) is 2. The fourth-order valence-corrected chi connectivity index (χ4v) is 1.39. The summed E-state index contributed by atoms with van der Waals surface area (Å²) in [6.45, 7) is 0. The van der Waals surface area contributed by atoms with Crippen molar-refractivity contribution in [3.05, 3.63) is 40.8 Å². The van der Waals surface area contributed by atoms with Crippen LogP contribution in [0.25, 0.3) is 0 Å². The predicted molar refractivity (Wildman–Crippen MR) is 58.5 cm³/mol. The second-order valence-corrected chi connectivity index (χ2v) is 3.60. The van der Waals surface area contributed by atoms with Crippen molar-refractivity contribution in [1.82, 2.24) is 15.2 Å². The third-order valence-electron chi connectivity index (χ3n) is 1.72. The van der Waals surface area contributed by atoms with E-state index in [0.29, 0.717) is 16.0 Å². The fraction of sp³-hybridized carbons (Fsp3) is 0. The topological polar surface area (TPSA) is 70.7 Å². The van der Waals surface area contributed by atoms with Crippen molar-refractivity contribution in [2.45, 2.75) is 0 Å². The van der Waals surface area contributed by atoms with Crippen LogP contribution in [0.15, 0.2) is 35.2 Å². The van der Waals surface area contributed by atoms with E-state index in [0.717, 1.165) is 0 Å². The monoisotopic (exact) mass is 266 g/mol. The van der Waals surface area contributed by atoms with Crippen LogP contribution in [0.4, 0.5) is 5.82 Å². The largest absolute Gasteiger partial charge is 0.306 e. The summed E-state index contributed by atoms with van der Waals surface area (Å²) in [5, 5.41) is 8.90. The second-order valence-electron chi connectivity index (χ2n) is 2.79. The Bertz CT molecular complexity index is 469. The molecule has 15 heavy (non-hydrogen) atoms. The number of hydrogen-bond donors (Lipinski definition) is 2. The fourth-order valence-electron chi connectivity index (χ4n) is 1.04. The van der Waals surface area contributed by atoms with Crippen molar-refractivity contribution in [1.29, 1.82) is 0 Å². The van der Waals surface area contributed by atoms with Gasteiger partial charge < -0.3 is 5.32 Å². The standard InChI is InChI=1S/C9H7BrN4O/c10-7-2-1-3-8(13-7)14-9(15)6-4-11-12-5-6/h1-5H,(H,11,12)(H,13,14,15). The highest BCUT2D eigenvalue weighted by Gasteiger charge is 2.07. The number of pyridine rings is 1. The quantitative estimate of drug-likeness (QED) is 0.815. The van der Waals surface area contributed by atoms with Crippen molar-refractivity contribution in [3.63, 3.8) is 0 Å². The molecular weight excluding hydrogens is 260 g/mol. The molecule has 5 nitrogen and oxygen atoms in total. The third kappa shape index (κ3) is 2.41. The van der Waals surface area contributed by atoms with Crippen LogP contribution in [0.2, 0.25) is 0 Å². The molecule has 0 fully saturated rings. The first-order valence-electron chi connectivity index (χ1n) is 4.18. The zero-order valence-corrected chi connectivity index (χ0v) is 9.15. The Hall–Kier alpha value is -1.69. The molecule has 1 amide bonds. The minimum Gasteiger partial charge on any atom is -0.306 e. The minimum atomic E-state index is -0.241. The van der Waals surface area contributed by atoms with E-state index >= 15 is 0 Å². The number of H-pyrrole nitrogens is 1. The van der Waals surface area contributed by atoms with Crippen molar-refractivity contribution in [3.8, 4) is 0 Å². The highest BCUT2D eigenvalue weighted by Crippen LogP contribution is 2.10. The molecule has 0 aliphatic carbocycles. The maximum atomic E-state index is 11.6. The van der Waals surface area contributed by atoms with Gasteiger partial charge in [-0.1, -0.05) is 6.07 Å².